The van der Waals surface area contributed by atoms with Crippen molar-refractivity contribution in [2.75, 3.05) is 0 Å². The Bertz CT molecular complexity index is 402. The maximum atomic E-state index is 2.55. The Hall–Kier alpha value is -0.742. The zero-order valence-electron chi connectivity index (χ0n) is 10.7. The molecule has 0 aliphatic heterocycles. The van der Waals surface area contributed by atoms with E-state index in [0.717, 1.165) is 0 Å². The molecule has 0 saturated carbocycles. The Balaban J connectivity index is 2.04. The fourth-order valence-electron chi connectivity index (χ4n) is 2.36. The first-order valence-electron chi connectivity index (χ1n) is 6.24. The van der Waals surface area contributed by atoms with Crippen molar-refractivity contribution in [1.29, 1.82) is 0 Å². The zero-order chi connectivity index (χ0) is 12.1. The van der Waals surface area contributed by atoms with Crippen molar-refractivity contribution >= 4 is 18.8 Å². The van der Waals surface area contributed by atoms with Gasteiger partial charge in [0.15, 0.2) is 0 Å². The molecule has 0 amide bonds. The topological polar surface area (TPSA) is 0 Å². The van der Waals surface area contributed by atoms with Gasteiger partial charge in [-0.15, -0.1) is 0 Å². The SMILES string of the molecule is [CH3][SbH]([CH3])([CH2]c1ccccc1)[CH2]c1ccccc1. The number of hydrogen-bond acceptors (Lipinski definition) is 0. The Morgan fingerprint density at radius 2 is 1.00 bits per heavy atom. The van der Waals surface area contributed by atoms with Gasteiger partial charge in [-0.2, -0.15) is 0 Å². The molecule has 0 atom stereocenters. The Morgan fingerprint density at radius 3 is 1.35 bits per heavy atom. The van der Waals surface area contributed by atoms with E-state index < -0.39 is 18.8 Å². The Morgan fingerprint density at radius 1 is 0.647 bits per heavy atom. The van der Waals surface area contributed by atoms with Gasteiger partial charge in [0, 0.05) is 0 Å². The van der Waals surface area contributed by atoms with Gasteiger partial charge >= 0.3 is 109 Å². The second-order valence-electron chi connectivity index (χ2n) is 5.49. The van der Waals surface area contributed by atoms with E-state index in [1.54, 1.807) is 0 Å². The predicted molar refractivity (Wildman–Crippen MR) is 79.2 cm³/mol. The molecule has 0 N–H and O–H groups in total. The van der Waals surface area contributed by atoms with Crippen molar-refractivity contribution in [2.24, 2.45) is 0 Å². The van der Waals surface area contributed by atoms with Crippen molar-refractivity contribution in [3.63, 3.8) is 0 Å². The molecular weight excluding hydrogens is 314 g/mol. The third-order valence-electron chi connectivity index (χ3n) is 3.05. The summed E-state index contributed by atoms with van der Waals surface area (Å²) in [6.07, 6.45) is 0. The van der Waals surface area contributed by atoms with Gasteiger partial charge in [-0.05, 0) is 0 Å². The second-order valence-corrected chi connectivity index (χ2v) is 19.9. The second kappa shape index (κ2) is 5.73. The Kier molecular flexibility index (Phi) is 4.29. The molecule has 0 bridgehead atoms. The summed E-state index contributed by atoms with van der Waals surface area (Å²) in [5.74, 6) is 0. The van der Waals surface area contributed by atoms with Gasteiger partial charge in [0.05, 0.1) is 0 Å². The van der Waals surface area contributed by atoms with Crippen LogP contribution in [-0.2, 0) is 8.73 Å². The molecule has 0 heterocycles. The third-order valence-corrected chi connectivity index (χ3v) is 10.8. The van der Waals surface area contributed by atoms with E-state index in [1.807, 2.05) is 0 Å². The average Bonchev–Trinajstić information content (AvgIpc) is 2.30. The van der Waals surface area contributed by atoms with Gasteiger partial charge in [-0.3, -0.25) is 0 Å². The predicted octanol–water partition coefficient (Wildman–Crippen LogP) is 3.99. The maximum absolute atomic E-state index is 2.55. The van der Waals surface area contributed by atoms with Gasteiger partial charge in [0.2, 0.25) is 0 Å². The van der Waals surface area contributed by atoms with E-state index in [0.29, 0.717) is 0 Å². The molecule has 1 heteroatoms. The first kappa shape index (κ1) is 12.7. The van der Waals surface area contributed by atoms with Crippen LogP contribution in [0, 0.1) is 0 Å². The van der Waals surface area contributed by atoms with Gasteiger partial charge in [0.1, 0.15) is 0 Å². The molecule has 17 heavy (non-hydrogen) atoms. The molecule has 2 aromatic rings. The molecule has 2 aromatic carbocycles. The Labute approximate surface area is 109 Å². The van der Waals surface area contributed by atoms with E-state index >= 15 is 0 Å². The molecule has 0 nitrogen and oxygen atoms in total. The molecule has 0 fully saturated rings. The number of rotatable bonds is 4. The molecule has 0 aliphatic rings. The summed E-state index contributed by atoms with van der Waals surface area (Å²) >= 11 is -1.95. The molecular formula is C16H21Sb. The van der Waals surface area contributed by atoms with E-state index in [9.17, 15) is 0 Å². The zero-order valence-corrected chi connectivity index (χ0v) is 13.5. The van der Waals surface area contributed by atoms with Crippen LogP contribution in [0.4, 0.5) is 0 Å². The fraction of sp³-hybridized carbons (Fsp3) is 0.250. The van der Waals surface area contributed by atoms with Crippen LogP contribution >= 0.6 is 0 Å². The van der Waals surface area contributed by atoms with Gasteiger partial charge < -0.3 is 0 Å². The van der Waals surface area contributed by atoms with Crippen LogP contribution in [0.2, 0.25) is 9.74 Å². The van der Waals surface area contributed by atoms with E-state index in [1.165, 1.54) is 19.9 Å². The monoisotopic (exact) mass is 334 g/mol. The first-order chi connectivity index (χ1) is 8.16. The molecule has 0 aromatic heterocycles. The van der Waals surface area contributed by atoms with Crippen LogP contribution in [0.5, 0.6) is 0 Å². The minimum atomic E-state index is -1.95. The summed E-state index contributed by atoms with van der Waals surface area (Å²) in [6, 6.07) is 21.9. The van der Waals surface area contributed by atoms with E-state index in [2.05, 4.69) is 70.4 Å². The van der Waals surface area contributed by atoms with Crippen LogP contribution in [0.3, 0.4) is 0 Å². The summed E-state index contributed by atoms with van der Waals surface area (Å²) in [6.45, 7) is 0. The molecule has 0 spiro atoms. The number of hydrogen-bond donors (Lipinski definition) is 0. The van der Waals surface area contributed by atoms with Crippen LogP contribution in [0.1, 0.15) is 11.1 Å². The first-order valence-corrected chi connectivity index (χ1v) is 16.0. The third kappa shape index (κ3) is 4.20. The van der Waals surface area contributed by atoms with E-state index in [-0.39, 0.29) is 0 Å². The van der Waals surface area contributed by atoms with Gasteiger partial charge in [0.25, 0.3) is 0 Å². The van der Waals surface area contributed by atoms with Crippen LogP contribution in [0.25, 0.3) is 0 Å². The van der Waals surface area contributed by atoms with Gasteiger partial charge in [-0.1, -0.05) is 0 Å². The van der Waals surface area contributed by atoms with Gasteiger partial charge in [-0.25, -0.2) is 0 Å². The molecule has 0 saturated heterocycles. The summed E-state index contributed by atoms with van der Waals surface area (Å²) < 4.78 is 2.68. The number of benzene rings is 2. The average molecular weight is 335 g/mol. The summed E-state index contributed by atoms with van der Waals surface area (Å²) in [5.41, 5.74) is 3.04. The fourth-order valence-corrected chi connectivity index (χ4v) is 10.4. The van der Waals surface area contributed by atoms with Crippen molar-refractivity contribution in [3.05, 3.63) is 71.8 Å². The van der Waals surface area contributed by atoms with Crippen molar-refractivity contribution < 1.29 is 0 Å². The summed E-state index contributed by atoms with van der Waals surface area (Å²) in [4.78, 5) is 5.10. The van der Waals surface area contributed by atoms with Crippen molar-refractivity contribution in [2.45, 2.75) is 18.5 Å². The molecule has 0 unspecified atom stereocenters. The van der Waals surface area contributed by atoms with Crippen LogP contribution in [0.15, 0.2) is 60.7 Å². The molecule has 0 radical (unpaired) electrons. The summed E-state index contributed by atoms with van der Waals surface area (Å²) in [7, 11) is 0. The minimum absolute atomic E-state index is 1.34. The molecule has 2 rings (SSSR count). The van der Waals surface area contributed by atoms with Crippen molar-refractivity contribution in [3.8, 4) is 0 Å². The molecule has 0 aliphatic carbocycles. The normalized spacial score (nSPS) is 12.4. The summed E-state index contributed by atoms with van der Waals surface area (Å²) in [5, 5.41) is 0. The quantitative estimate of drug-likeness (QED) is 0.741. The van der Waals surface area contributed by atoms with Crippen LogP contribution < -0.4 is 0 Å². The van der Waals surface area contributed by atoms with E-state index in [4.69, 9.17) is 0 Å². The standard InChI is InChI=1S/2C7H7.2CH3.Sb.H/c2*1-7-5-3-2-4-6-7;;;;/h2*2-6H,1H2;2*1H3;;. The van der Waals surface area contributed by atoms with Crippen LogP contribution in [-0.4, -0.2) is 18.8 Å². The molecule has 90 valence electrons. The van der Waals surface area contributed by atoms with Crippen molar-refractivity contribution in [1.82, 2.24) is 0 Å².